The van der Waals surface area contributed by atoms with Gasteiger partial charge in [-0.1, -0.05) is 31.7 Å². The van der Waals surface area contributed by atoms with E-state index in [1.807, 2.05) is 0 Å². The lowest BCUT2D eigenvalue weighted by atomic mass is 9.74. The summed E-state index contributed by atoms with van der Waals surface area (Å²) in [5.74, 6) is 2.53. The molecule has 1 saturated heterocycles. The molecule has 0 spiro atoms. The van der Waals surface area contributed by atoms with Gasteiger partial charge in [0.1, 0.15) is 0 Å². The Balaban J connectivity index is 1.80. The van der Waals surface area contributed by atoms with Crippen molar-refractivity contribution in [3.8, 4) is 0 Å². The molecule has 1 aliphatic heterocycles. The maximum Gasteiger partial charge on any atom is 0.0372 e. The molecule has 18 heavy (non-hydrogen) atoms. The van der Waals surface area contributed by atoms with Crippen molar-refractivity contribution in [1.29, 1.82) is 0 Å². The summed E-state index contributed by atoms with van der Waals surface area (Å²) >= 11 is 0. The molecule has 0 aromatic carbocycles. The summed E-state index contributed by atoms with van der Waals surface area (Å²) in [5, 5.41) is 3.60. The monoisotopic (exact) mass is 244 g/mol. The number of hydrogen-bond donors (Lipinski definition) is 1. The topological polar surface area (TPSA) is 24.9 Å². The predicted octanol–water partition coefficient (Wildman–Crippen LogP) is 3.27. The highest BCUT2D eigenvalue weighted by atomic mass is 14.9. The summed E-state index contributed by atoms with van der Waals surface area (Å²) in [7, 11) is 0. The van der Waals surface area contributed by atoms with Gasteiger partial charge in [-0.05, 0) is 55.8 Å². The van der Waals surface area contributed by atoms with Gasteiger partial charge in [0, 0.05) is 11.9 Å². The van der Waals surface area contributed by atoms with Crippen LogP contribution in [-0.4, -0.2) is 18.1 Å². The smallest absolute Gasteiger partial charge is 0.0372 e. The quantitative estimate of drug-likeness (QED) is 0.863. The van der Waals surface area contributed by atoms with Gasteiger partial charge >= 0.3 is 0 Å². The van der Waals surface area contributed by atoms with Crippen LogP contribution in [0.4, 0.5) is 0 Å². The Morgan fingerprint density at radius 2 is 2.00 bits per heavy atom. The van der Waals surface area contributed by atoms with Crippen molar-refractivity contribution < 1.29 is 0 Å². The minimum absolute atomic E-state index is 0.738. The molecule has 2 unspecified atom stereocenters. The molecule has 98 valence electrons. The number of rotatable bonds is 2. The SMILES string of the molecule is Cc1ccc(C2CCNCC2C2CCCC2)cn1. The van der Waals surface area contributed by atoms with Crippen LogP contribution in [0.3, 0.4) is 0 Å². The molecule has 1 aromatic heterocycles. The fourth-order valence-electron chi connectivity index (χ4n) is 3.88. The second kappa shape index (κ2) is 5.40. The average molecular weight is 244 g/mol. The first-order chi connectivity index (χ1) is 8.84. The Labute approximate surface area is 110 Å². The van der Waals surface area contributed by atoms with Gasteiger partial charge in [0.05, 0.1) is 0 Å². The van der Waals surface area contributed by atoms with E-state index in [2.05, 4.69) is 35.6 Å². The van der Waals surface area contributed by atoms with Crippen LogP contribution in [0.2, 0.25) is 0 Å². The molecule has 0 amide bonds. The lowest BCUT2D eigenvalue weighted by Crippen LogP contribution is -2.38. The van der Waals surface area contributed by atoms with Gasteiger partial charge in [0.25, 0.3) is 0 Å². The Bertz CT molecular complexity index is 379. The third kappa shape index (κ3) is 2.44. The highest BCUT2D eigenvalue weighted by molar-refractivity contribution is 5.20. The van der Waals surface area contributed by atoms with Gasteiger partial charge in [0.15, 0.2) is 0 Å². The first-order valence-corrected chi connectivity index (χ1v) is 7.48. The maximum atomic E-state index is 4.49. The molecule has 2 atom stereocenters. The van der Waals surface area contributed by atoms with E-state index in [4.69, 9.17) is 0 Å². The van der Waals surface area contributed by atoms with Crippen LogP contribution >= 0.6 is 0 Å². The van der Waals surface area contributed by atoms with Gasteiger partial charge < -0.3 is 5.32 Å². The molecular formula is C16H24N2. The van der Waals surface area contributed by atoms with Crippen LogP contribution in [0.25, 0.3) is 0 Å². The van der Waals surface area contributed by atoms with Crippen LogP contribution < -0.4 is 5.32 Å². The second-order valence-electron chi connectivity index (χ2n) is 6.04. The maximum absolute atomic E-state index is 4.49. The average Bonchev–Trinajstić information content (AvgIpc) is 2.93. The van der Waals surface area contributed by atoms with Crippen molar-refractivity contribution in [3.63, 3.8) is 0 Å². The zero-order valence-corrected chi connectivity index (χ0v) is 11.4. The molecule has 1 aromatic rings. The van der Waals surface area contributed by atoms with Crippen molar-refractivity contribution in [2.45, 2.75) is 44.9 Å². The molecule has 2 aliphatic rings. The van der Waals surface area contributed by atoms with Gasteiger partial charge in [0.2, 0.25) is 0 Å². The molecule has 2 heterocycles. The third-order valence-electron chi connectivity index (χ3n) is 4.90. The van der Waals surface area contributed by atoms with Crippen LogP contribution in [0.5, 0.6) is 0 Å². The summed E-state index contributed by atoms with van der Waals surface area (Å²) < 4.78 is 0. The first kappa shape index (κ1) is 12.2. The number of pyridine rings is 1. The van der Waals surface area contributed by atoms with Crippen LogP contribution in [0.15, 0.2) is 18.3 Å². The molecular weight excluding hydrogens is 220 g/mol. The molecule has 1 saturated carbocycles. The molecule has 2 fully saturated rings. The van der Waals surface area contributed by atoms with Gasteiger partial charge in [-0.15, -0.1) is 0 Å². The van der Waals surface area contributed by atoms with Crippen molar-refractivity contribution in [2.24, 2.45) is 11.8 Å². The Morgan fingerprint density at radius 1 is 1.17 bits per heavy atom. The van der Waals surface area contributed by atoms with E-state index >= 15 is 0 Å². The van der Waals surface area contributed by atoms with Crippen molar-refractivity contribution in [1.82, 2.24) is 10.3 Å². The lowest BCUT2D eigenvalue weighted by Gasteiger charge is -2.36. The summed E-state index contributed by atoms with van der Waals surface area (Å²) in [6, 6.07) is 4.48. The Hall–Kier alpha value is -0.890. The predicted molar refractivity (Wildman–Crippen MR) is 74.6 cm³/mol. The molecule has 1 aliphatic carbocycles. The molecule has 0 bridgehead atoms. The number of nitrogens with one attached hydrogen (secondary N) is 1. The molecule has 2 heteroatoms. The van der Waals surface area contributed by atoms with Crippen LogP contribution in [-0.2, 0) is 0 Å². The summed E-state index contributed by atoms with van der Waals surface area (Å²) in [4.78, 5) is 4.49. The highest BCUT2D eigenvalue weighted by Crippen LogP contribution is 2.41. The van der Waals surface area contributed by atoms with Gasteiger partial charge in [-0.3, -0.25) is 4.98 Å². The third-order valence-corrected chi connectivity index (χ3v) is 4.90. The van der Waals surface area contributed by atoms with E-state index in [1.165, 1.54) is 50.8 Å². The zero-order valence-electron chi connectivity index (χ0n) is 11.4. The minimum Gasteiger partial charge on any atom is -0.316 e. The number of aromatic nitrogens is 1. The van der Waals surface area contributed by atoms with E-state index in [-0.39, 0.29) is 0 Å². The second-order valence-corrected chi connectivity index (χ2v) is 6.04. The van der Waals surface area contributed by atoms with Crippen molar-refractivity contribution in [3.05, 3.63) is 29.6 Å². The van der Waals surface area contributed by atoms with Crippen molar-refractivity contribution in [2.75, 3.05) is 13.1 Å². The lowest BCUT2D eigenvalue weighted by molar-refractivity contribution is 0.231. The normalized spacial score (nSPS) is 29.6. The van der Waals surface area contributed by atoms with Gasteiger partial charge in [-0.25, -0.2) is 0 Å². The largest absolute Gasteiger partial charge is 0.316 e. The van der Waals surface area contributed by atoms with E-state index in [0.29, 0.717) is 0 Å². The number of piperidine rings is 1. The zero-order chi connectivity index (χ0) is 12.4. The molecule has 0 radical (unpaired) electrons. The highest BCUT2D eigenvalue weighted by Gasteiger charge is 2.34. The summed E-state index contributed by atoms with van der Waals surface area (Å²) in [6.07, 6.45) is 9.18. The minimum atomic E-state index is 0.738. The molecule has 2 nitrogen and oxygen atoms in total. The first-order valence-electron chi connectivity index (χ1n) is 7.48. The summed E-state index contributed by atoms with van der Waals surface area (Å²) in [5.41, 5.74) is 2.60. The van der Waals surface area contributed by atoms with E-state index in [0.717, 1.165) is 23.4 Å². The standard InChI is InChI=1S/C16H24N2/c1-12-6-7-14(10-18-12)15-8-9-17-11-16(15)13-4-2-3-5-13/h6-7,10,13,15-17H,2-5,8-9,11H2,1H3. The van der Waals surface area contributed by atoms with E-state index < -0.39 is 0 Å². The van der Waals surface area contributed by atoms with Gasteiger partial charge in [-0.2, -0.15) is 0 Å². The van der Waals surface area contributed by atoms with E-state index in [9.17, 15) is 0 Å². The Morgan fingerprint density at radius 3 is 2.72 bits per heavy atom. The molecule has 1 N–H and O–H groups in total. The van der Waals surface area contributed by atoms with Crippen LogP contribution in [0.1, 0.15) is 49.3 Å². The van der Waals surface area contributed by atoms with Crippen LogP contribution in [0, 0.1) is 18.8 Å². The Kier molecular flexibility index (Phi) is 3.64. The number of nitrogens with zero attached hydrogens (tertiary/aromatic N) is 1. The number of hydrogen-bond acceptors (Lipinski definition) is 2. The summed E-state index contributed by atoms with van der Waals surface area (Å²) in [6.45, 7) is 4.45. The fraction of sp³-hybridized carbons (Fsp3) is 0.688. The number of aryl methyl sites for hydroxylation is 1. The molecule has 3 rings (SSSR count). The van der Waals surface area contributed by atoms with E-state index in [1.54, 1.807) is 0 Å². The fourth-order valence-corrected chi connectivity index (χ4v) is 3.88. The van der Waals surface area contributed by atoms with Crippen molar-refractivity contribution >= 4 is 0 Å².